The molecular weight excluding hydrogens is 189 g/mol. The largest absolute Gasteiger partial charge is 0.383 e. The Morgan fingerprint density at radius 2 is 1.69 bits per heavy atom. The van der Waals surface area contributed by atoms with Crippen molar-refractivity contribution in [3.8, 4) is 0 Å². The van der Waals surface area contributed by atoms with Gasteiger partial charge in [0.25, 0.3) is 0 Å². The van der Waals surface area contributed by atoms with Crippen LogP contribution in [0.15, 0.2) is 12.0 Å². The van der Waals surface area contributed by atoms with Crippen LogP contribution in [-0.4, -0.2) is 32.2 Å². The van der Waals surface area contributed by atoms with Gasteiger partial charge in [0.1, 0.15) is 0 Å². The molecule has 0 aromatic heterocycles. The van der Waals surface area contributed by atoms with Crippen molar-refractivity contribution in [3.05, 3.63) is 12.0 Å². The van der Waals surface area contributed by atoms with Gasteiger partial charge in [0.15, 0.2) is 0 Å². The Morgan fingerprint density at radius 3 is 2.00 bits per heavy atom. The highest BCUT2D eigenvalue weighted by molar-refractivity contribution is 7.57. The van der Waals surface area contributed by atoms with Gasteiger partial charge in [-0.1, -0.05) is 0 Å². The molecule has 0 radical (unpaired) electrons. The number of nitrogens with zero attached hydrogens (tertiary/aromatic N) is 1. The monoisotopic (exact) mass is 207 g/mol. The topological polar surface area (TPSA) is 38.8 Å². The lowest BCUT2D eigenvalue weighted by molar-refractivity contribution is 0.228. The van der Waals surface area contributed by atoms with Gasteiger partial charge in [0.05, 0.1) is 13.2 Å². The van der Waals surface area contributed by atoms with E-state index in [9.17, 15) is 4.57 Å². The molecule has 0 rings (SSSR count). The van der Waals surface area contributed by atoms with Crippen LogP contribution in [0, 0.1) is 0 Å². The van der Waals surface area contributed by atoms with E-state index in [1.54, 1.807) is 24.9 Å². The molecule has 5 heteroatoms. The maximum atomic E-state index is 11.8. The smallest absolute Gasteiger partial charge is 0.355 e. The zero-order chi connectivity index (χ0) is 10.3. The fourth-order valence-corrected chi connectivity index (χ4v) is 2.09. The van der Waals surface area contributed by atoms with Gasteiger partial charge in [-0.25, -0.2) is 0 Å². The van der Waals surface area contributed by atoms with E-state index in [1.165, 1.54) is 5.82 Å². The first-order chi connectivity index (χ1) is 6.04. The highest BCUT2D eigenvalue weighted by atomic mass is 31.2. The molecule has 78 valence electrons. The van der Waals surface area contributed by atoms with Crippen LogP contribution < -0.4 is 0 Å². The van der Waals surface area contributed by atoms with Crippen LogP contribution >= 0.6 is 7.60 Å². The highest BCUT2D eigenvalue weighted by Gasteiger charge is 2.18. The molecule has 0 unspecified atom stereocenters. The first-order valence-corrected chi connectivity index (χ1v) is 5.90. The van der Waals surface area contributed by atoms with Crippen molar-refractivity contribution in [3.63, 3.8) is 0 Å². The zero-order valence-electron chi connectivity index (χ0n) is 8.69. The lowest BCUT2D eigenvalue weighted by atomic mass is 10.9. The molecule has 4 nitrogen and oxygen atoms in total. The maximum absolute atomic E-state index is 11.8. The van der Waals surface area contributed by atoms with E-state index in [4.69, 9.17) is 9.05 Å². The molecule has 0 amide bonds. The van der Waals surface area contributed by atoms with Gasteiger partial charge in [-0.05, 0) is 13.8 Å². The van der Waals surface area contributed by atoms with Crippen LogP contribution in [0.1, 0.15) is 13.8 Å². The van der Waals surface area contributed by atoms with Gasteiger partial charge in [-0.2, -0.15) is 0 Å². The van der Waals surface area contributed by atoms with Gasteiger partial charge in [-0.15, -0.1) is 0 Å². The summed E-state index contributed by atoms with van der Waals surface area (Å²) >= 11 is 0. The van der Waals surface area contributed by atoms with E-state index >= 15 is 0 Å². The number of rotatable bonds is 6. The second kappa shape index (κ2) is 6.19. The molecule has 0 aromatic carbocycles. The Morgan fingerprint density at radius 1 is 1.23 bits per heavy atom. The Bertz CT molecular complexity index is 194. The summed E-state index contributed by atoms with van der Waals surface area (Å²) in [4.78, 5) is 1.78. The summed E-state index contributed by atoms with van der Waals surface area (Å²) in [7, 11) is 0.696. The minimum atomic E-state index is -3.00. The molecule has 0 aliphatic rings. The van der Waals surface area contributed by atoms with Gasteiger partial charge >= 0.3 is 7.60 Å². The third-order valence-electron chi connectivity index (χ3n) is 1.17. The lowest BCUT2D eigenvalue weighted by Gasteiger charge is -2.13. The standard InChI is InChI=1S/C8H18NO3P/c1-5-11-13(10,12-6-2)8-7-9(3)4/h7-8H,5-6H2,1-4H3. The third-order valence-corrected chi connectivity index (χ3v) is 2.90. The normalized spacial score (nSPS) is 12.3. The lowest BCUT2D eigenvalue weighted by Crippen LogP contribution is -2.01. The van der Waals surface area contributed by atoms with E-state index in [1.807, 2.05) is 14.1 Å². The summed E-state index contributed by atoms with van der Waals surface area (Å²) in [6.07, 6.45) is 1.67. The Balaban J connectivity index is 4.31. The summed E-state index contributed by atoms with van der Waals surface area (Å²) in [5, 5.41) is 0. The van der Waals surface area contributed by atoms with Crippen LogP contribution in [0.2, 0.25) is 0 Å². The Kier molecular flexibility index (Phi) is 6.04. The summed E-state index contributed by atoms with van der Waals surface area (Å²) in [5.74, 6) is 1.47. The quantitative estimate of drug-likeness (QED) is 0.626. The predicted molar refractivity (Wildman–Crippen MR) is 53.7 cm³/mol. The van der Waals surface area contributed by atoms with Crippen molar-refractivity contribution in [2.75, 3.05) is 27.3 Å². The summed E-state index contributed by atoms with van der Waals surface area (Å²) < 4.78 is 21.8. The van der Waals surface area contributed by atoms with Crippen LogP contribution in [0.5, 0.6) is 0 Å². The first-order valence-electron chi connectivity index (χ1n) is 4.28. The van der Waals surface area contributed by atoms with E-state index in [0.717, 1.165) is 0 Å². The van der Waals surface area contributed by atoms with Gasteiger partial charge < -0.3 is 13.9 Å². The molecule has 0 fully saturated rings. The first kappa shape index (κ1) is 12.7. The van der Waals surface area contributed by atoms with Gasteiger partial charge in [-0.3, -0.25) is 4.57 Å². The van der Waals surface area contributed by atoms with E-state index in [0.29, 0.717) is 13.2 Å². The van der Waals surface area contributed by atoms with Crippen molar-refractivity contribution in [1.29, 1.82) is 0 Å². The maximum Gasteiger partial charge on any atom is 0.355 e. The van der Waals surface area contributed by atoms with Crippen molar-refractivity contribution >= 4 is 7.60 Å². The average molecular weight is 207 g/mol. The molecule has 0 aromatic rings. The van der Waals surface area contributed by atoms with Crippen LogP contribution in [0.4, 0.5) is 0 Å². The molecular formula is C8H18NO3P. The van der Waals surface area contributed by atoms with Crippen molar-refractivity contribution in [1.82, 2.24) is 4.90 Å². The second-order valence-corrected chi connectivity index (χ2v) is 4.53. The molecule has 0 atom stereocenters. The van der Waals surface area contributed by atoms with Crippen molar-refractivity contribution in [2.24, 2.45) is 0 Å². The zero-order valence-corrected chi connectivity index (χ0v) is 9.58. The van der Waals surface area contributed by atoms with Crippen molar-refractivity contribution in [2.45, 2.75) is 13.8 Å². The number of hydrogen-bond donors (Lipinski definition) is 0. The highest BCUT2D eigenvalue weighted by Crippen LogP contribution is 2.49. The second-order valence-electron chi connectivity index (χ2n) is 2.64. The van der Waals surface area contributed by atoms with Crippen LogP contribution in [0.3, 0.4) is 0 Å². The molecule has 13 heavy (non-hydrogen) atoms. The van der Waals surface area contributed by atoms with E-state index in [-0.39, 0.29) is 0 Å². The van der Waals surface area contributed by atoms with Gasteiger partial charge in [0.2, 0.25) is 0 Å². The SMILES string of the molecule is CCOP(=O)(C=CN(C)C)OCC. The molecule has 0 aliphatic carbocycles. The molecule has 0 saturated heterocycles. The van der Waals surface area contributed by atoms with E-state index in [2.05, 4.69) is 0 Å². The van der Waals surface area contributed by atoms with Crippen molar-refractivity contribution < 1.29 is 13.6 Å². The van der Waals surface area contributed by atoms with Gasteiger partial charge in [0, 0.05) is 26.1 Å². The molecule has 0 N–H and O–H groups in total. The molecule has 0 spiro atoms. The molecule has 0 aliphatic heterocycles. The predicted octanol–water partition coefficient (Wildman–Crippen LogP) is 2.29. The van der Waals surface area contributed by atoms with Crippen LogP contribution in [-0.2, 0) is 13.6 Å². The molecule has 0 bridgehead atoms. The van der Waals surface area contributed by atoms with Crippen LogP contribution in [0.25, 0.3) is 0 Å². The fraction of sp³-hybridized carbons (Fsp3) is 0.750. The van der Waals surface area contributed by atoms with E-state index < -0.39 is 7.60 Å². The Labute approximate surface area is 80.1 Å². The summed E-state index contributed by atoms with van der Waals surface area (Å²) in [5.41, 5.74) is 0. The Hall–Kier alpha value is -0.310. The molecule has 0 heterocycles. The third kappa shape index (κ3) is 5.86. The fourth-order valence-electron chi connectivity index (χ4n) is 0.698. The summed E-state index contributed by atoms with van der Waals surface area (Å²) in [6.45, 7) is 4.34. The molecule has 0 saturated carbocycles. The minimum Gasteiger partial charge on any atom is -0.383 e. The average Bonchev–Trinajstić information content (AvgIpc) is 2.02. The minimum absolute atomic E-state index is 0.384. The number of hydrogen-bond acceptors (Lipinski definition) is 4. The summed E-state index contributed by atoms with van der Waals surface area (Å²) in [6, 6.07) is 0.